The standard InChI is InChI=1S/C17H31N7O7S/c1-8(13(27)24-11(16(30)31)3-2-6-21-17(19)20)22-15(29)10(4-5-12(25)26)23-14(28)9(18)7-32/h8-11,32H,2-7,18H2,1H3,(H,22,29)(H,23,28)(H,24,27)(H,25,26)(H,30,31)(H4,19,20,21). The van der Waals surface area contributed by atoms with Crippen molar-refractivity contribution in [1.29, 1.82) is 0 Å². The summed E-state index contributed by atoms with van der Waals surface area (Å²) in [7, 11) is 0. The van der Waals surface area contributed by atoms with Crippen LogP contribution >= 0.6 is 12.6 Å². The van der Waals surface area contributed by atoms with Crippen molar-refractivity contribution in [3.63, 3.8) is 0 Å². The van der Waals surface area contributed by atoms with Gasteiger partial charge in [-0.15, -0.1) is 0 Å². The minimum atomic E-state index is -1.28. The first-order valence-corrected chi connectivity index (χ1v) is 10.3. The van der Waals surface area contributed by atoms with Crippen molar-refractivity contribution < 1.29 is 34.2 Å². The molecule has 0 saturated carbocycles. The van der Waals surface area contributed by atoms with Crippen molar-refractivity contribution in [2.75, 3.05) is 12.3 Å². The number of aliphatic carboxylic acids is 2. The molecule has 0 radical (unpaired) electrons. The fraction of sp³-hybridized carbons (Fsp3) is 0.647. The molecule has 11 N–H and O–H groups in total. The lowest BCUT2D eigenvalue weighted by Crippen LogP contribution is -2.56. The first-order chi connectivity index (χ1) is 14.9. The van der Waals surface area contributed by atoms with Gasteiger partial charge in [-0.3, -0.25) is 24.2 Å². The van der Waals surface area contributed by atoms with Crippen molar-refractivity contribution in [3.05, 3.63) is 0 Å². The lowest BCUT2D eigenvalue weighted by molar-refractivity contribution is -0.142. The number of thiol groups is 1. The largest absolute Gasteiger partial charge is 0.481 e. The van der Waals surface area contributed by atoms with E-state index in [4.69, 9.17) is 22.3 Å². The van der Waals surface area contributed by atoms with Crippen LogP contribution < -0.4 is 33.2 Å². The number of nitrogens with one attached hydrogen (secondary N) is 3. The molecule has 0 saturated heterocycles. The van der Waals surface area contributed by atoms with E-state index < -0.39 is 60.2 Å². The number of hydrogen-bond acceptors (Lipinski definition) is 8. The van der Waals surface area contributed by atoms with E-state index in [9.17, 15) is 29.1 Å². The second kappa shape index (κ2) is 14.9. The van der Waals surface area contributed by atoms with Crippen molar-refractivity contribution in [2.24, 2.45) is 22.2 Å². The zero-order valence-electron chi connectivity index (χ0n) is 17.6. The molecule has 0 heterocycles. The molecule has 0 bridgehead atoms. The molecule has 0 aromatic rings. The van der Waals surface area contributed by atoms with Gasteiger partial charge >= 0.3 is 11.9 Å². The summed E-state index contributed by atoms with van der Waals surface area (Å²) < 4.78 is 0. The van der Waals surface area contributed by atoms with Crippen molar-refractivity contribution in [1.82, 2.24) is 16.0 Å². The fourth-order valence-corrected chi connectivity index (χ4v) is 2.50. The Morgan fingerprint density at radius 2 is 1.53 bits per heavy atom. The molecule has 3 amide bonds. The van der Waals surface area contributed by atoms with Crippen LogP contribution in [-0.4, -0.2) is 82.3 Å². The van der Waals surface area contributed by atoms with Crippen molar-refractivity contribution in [2.45, 2.75) is 56.8 Å². The summed E-state index contributed by atoms with van der Waals surface area (Å²) in [6, 6.07) is -4.71. The Morgan fingerprint density at radius 3 is 2.03 bits per heavy atom. The maximum absolute atomic E-state index is 12.5. The number of carbonyl (C=O) groups is 5. The number of aliphatic imine (C=N–C) groups is 1. The highest BCUT2D eigenvalue weighted by atomic mass is 32.1. The average Bonchev–Trinajstić information content (AvgIpc) is 2.71. The summed E-state index contributed by atoms with van der Waals surface area (Å²) >= 11 is 3.88. The lowest BCUT2D eigenvalue weighted by atomic mass is 10.1. The zero-order valence-corrected chi connectivity index (χ0v) is 18.5. The highest BCUT2D eigenvalue weighted by molar-refractivity contribution is 7.80. The van der Waals surface area contributed by atoms with E-state index in [1.807, 2.05) is 0 Å². The Kier molecular flexibility index (Phi) is 13.4. The quantitative estimate of drug-likeness (QED) is 0.0492. The number of carboxylic acid groups (broad SMARTS) is 2. The second-order valence-electron chi connectivity index (χ2n) is 6.86. The third kappa shape index (κ3) is 11.9. The van der Waals surface area contributed by atoms with Gasteiger partial charge in [0.25, 0.3) is 0 Å². The first kappa shape index (κ1) is 28.9. The lowest BCUT2D eigenvalue weighted by Gasteiger charge is -2.23. The van der Waals surface area contributed by atoms with Gasteiger partial charge in [0.2, 0.25) is 17.7 Å². The Bertz CT molecular complexity index is 715. The van der Waals surface area contributed by atoms with E-state index in [1.165, 1.54) is 6.92 Å². The summed E-state index contributed by atoms with van der Waals surface area (Å²) in [6.45, 7) is 1.48. The van der Waals surface area contributed by atoms with E-state index >= 15 is 0 Å². The molecule has 182 valence electrons. The van der Waals surface area contributed by atoms with Crippen LogP contribution in [0.2, 0.25) is 0 Å². The van der Waals surface area contributed by atoms with E-state index in [0.717, 1.165) is 0 Å². The fourth-order valence-electron chi connectivity index (χ4n) is 2.34. The van der Waals surface area contributed by atoms with Gasteiger partial charge < -0.3 is 43.4 Å². The predicted octanol–water partition coefficient (Wildman–Crippen LogP) is -3.28. The molecule has 15 heteroatoms. The number of rotatable bonds is 15. The molecule has 0 spiro atoms. The topological polar surface area (TPSA) is 252 Å². The third-order valence-corrected chi connectivity index (χ3v) is 4.52. The highest BCUT2D eigenvalue weighted by Gasteiger charge is 2.28. The van der Waals surface area contributed by atoms with Crippen molar-refractivity contribution >= 4 is 48.2 Å². The minimum absolute atomic E-state index is 0.00231. The normalized spacial score (nSPS) is 14.2. The molecule has 0 aromatic heterocycles. The van der Waals surface area contributed by atoms with E-state index in [0.29, 0.717) is 0 Å². The van der Waals surface area contributed by atoms with Crippen LogP contribution in [0.1, 0.15) is 32.6 Å². The third-order valence-electron chi connectivity index (χ3n) is 4.13. The Balaban J connectivity index is 5.01. The van der Waals surface area contributed by atoms with Crippen LogP contribution in [0.5, 0.6) is 0 Å². The molecule has 0 fully saturated rings. The number of nitrogens with zero attached hydrogens (tertiary/aromatic N) is 1. The maximum atomic E-state index is 12.5. The Labute approximate surface area is 190 Å². The molecule has 0 aliphatic rings. The second-order valence-corrected chi connectivity index (χ2v) is 7.23. The molecule has 0 aliphatic carbocycles. The number of carbonyl (C=O) groups excluding carboxylic acids is 3. The van der Waals surface area contributed by atoms with Gasteiger partial charge in [-0.25, -0.2) is 4.79 Å². The van der Waals surface area contributed by atoms with E-state index in [2.05, 4.69) is 33.6 Å². The van der Waals surface area contributed by atoms with Gasteiger partial charge in [0.15, 0.2) is 5.96 Å². The molecule has 0 aliphatic heterocycles. The molecule has 0 aromatic carbocycles. The SMILES string of the molecule is CC(NC(=O)C(CCC(=O)O)NC(=O)C(N)CS)C(=O)NC(CCCN=C(N)N)C(=O)O. The van der Waals surface area contributed by atoms with Crippen LogP contribution in [0.4, 0.5) is 0 Å². The zero-order chi connectivity index (χ0) is 24.8. The van der Waals surface area contributed by atoms with Gasteiger partial charge in [0.1, 0.15) is 18.1 Å². The van der Waals surface area contributed by atoms with Crippen LogP contribution in [0.3, 0.4) is 0 Å². The summed E-state index contributed by atoms with van der Waals surface area (Å²) in [4.78, 5) is 62.7. The number of nitrogens with two attached hydrogens (primary N) is 3. The highest BCUT2D eigenvalue weighted by Crippen LogP contribution is 2.02. The molecular formula is C17H31N7O7S. The molecule has 32 heavy (non-hydrogen) atoms. The van der Waals surface area contributed by atoms with Gasteiger partial charge in [0.05, 0.1) is 6.04 Å². The smallest absolute Gasteiger partial charge is 0.326 e. The summed E-state index contributed by atoms with van der Waals surface area (Å²) in [5.74, 6) is -4.94. The van der Waals surface area contributed by atoms with Gasteiger partial charge in [-0.2, -0.15) is 12.6 Å². The Hall–Kier alpha value is -3.07. The van der Waals surface area contributed by atoms with Crippen LogP contribution in [0.15, 0.2) is 4.99 Å². The number of guanidine groups is 1. The maximum Gasteiger partial charge on any atom is 0.326 e. The van der Waals surface area contributed by atoms with Gasteiger partial charge in [0, 0.05) is 18.7 Å². The number of hydrogen-bond donors (Lipinski definition) is 9. The van der Waals surface area contributed by atoms with Gasteiger partial charge in [-0.05, 0) is 26.2 Å². The summed E-state index contributed by atoms with van der Waals surface area (Å²) in [5.41, 5.74) is 15.9. The van der Waals surface area contributed by atoms with Crippen molar-refractivity contribution in [3.8, 4) is 0 Å². The summed E-state index contributed by atoms with van der Waals surface area (Å²) in [5, 5.41) is 25.1. The number of carboxylic acids is 2. The monoisotopic (exact) mass is 477 g/mol. The van der Waals surface area contributed by atoms with Crippen LogP contribution in [0.25, 0.3) is 0 Å². The first-order valence-electron chi connectivity index (χ1n) is 9.66. The molecule has 14 nitrogen and oxygen atoms in total. The van der Waals surface area contributed by atoms with E-state index in [1.54, 1.807) is 0 Å². The van der Waals surface area contributed by atoms with Crippen LogP contribution in [0, 0.1) is 0 Å². The molecule has 4 unspecified atom stereocenters. The molecular weight excluding hydrogens is 446 g/mol. The number of amides is 3. The Morgan fingerprint density at radius 1 is 0.938 bits per heavy atom. The van der Waals surface area contributed by atoms with E-state index in [-0.39, 0.29) is 37.5 Å². The average molecular weight is 478 g/mol. The molecule has 4 atom stereocenters. The van der Waals surface area contributed by atoms with Crippen LogP contribution in [-0.2, 0) is 24.0 Å². The molecule has 0 rings (SSSR count). The van der Waals surface area contributed by atoms with Gasteiger partial charge in [-0.1, -0.05) is 0 Å². The predicted molar refractivity (Wildman–Crippen MR) is 118 cm³/mol. The minimum Gasteiger partial charge on any atom is -0.481 e. The summed E-state index contributed by atoms with van der Waals surface area (Å²) in [6.07, 6.45) is -0.350.